The van der Waals surface area contributed by atoms with E-state index in [1.54, 1.807) is 6.20 Å². The van der Waals surface area contributed by atoms with Crippen molar-refractivity contribution in [3.8, 4) is 0 Å². The van der Waals surface area contributed by atoms with Crippen molar-refractivity contribution >= 4 is 27.5 Å². The molecule has 0 amide bonds. The zero-order chi connectivity index (χ0) is 13.8. The first-order chi connectivity index (χ1) is 9.15. The molecule has 0 saturated carbocycles. The number of hydrogen-bond donors (Lipinski definition) is 1. The van der Waals surface area contributed by atoms with Crippen molar-refractivity contribution in [2.75, 3.05) is 6.54 Å². The van der Waals surface area contributed by atoms with E-state index in [0.717, 1.165) is 23.1 Å². The van der Waals surface area contributed by atoms with Gasteiger partial charge < -0.3 is 5.32 Å². The van der Waals surface area contributed by atoms with Gasteiger partial charge in [0.25, 0.3) is 0 Å². The molecule has 0 aliphatic carbocycles. The normalized spacial score (nSPS) is 12.6. The van der Waals surface area contributed by atoms with Gasteiger partial charge in [0.2, 0.25) is 0 Å². The Kier molecular flexibility index (Phi) is 5.02. The first kappa shape index (κ1) is 14.6. The van der Waals surface area contributed by atoms with Gasteiger partial charge in [0, 0.05) is 11.5 Å². The Balaban J connectivity index is 2.45. The van der Waals surface area contributed by atoms with Gasteiger partial charge in [0.1, 0.15) is 0 Å². The Bertz CT molecular complexity index is 534. The van der Waals surface area contributed by atoms with E-state index in [1.807, 2.05) is 29.9 Å². The quantitative estimate of drug-likeness (QED) is 0.892. The third kappa shape index (κ3) is 3.19. The zero-order valence-corrected chi connectivity index (χ0v) is 13.4. The summed E-state index contributed by atoms with van der Waals surface area (Å²) in [5.41, 5.74) is 2.16. The smallest absolute Gasteiger partial charge is 0.0837 e. The van der Waals surface area contributed by atoms with Gasteiger partial charge in [0.05, 0.1) is 23.0 Å². The summed E-state index contributed by atoms with van der Waals surface area (Å²) in [4.78, 5) is 0. The van der Waals surface area contributed by atoms with E-state index in [-0.39, 0.29) is 6.04 Å². The van der Waals surface area contributed by atoms with Crippen LogP contribution in [0.2, 0.25) is 5.02 Å². The summed E-state index contributed by atoms with van der Waals surface area (Å²) >= 11 is 9.89. The fourth-order valence-electron chi connectivity index (χ4n) is 2.10. The van der Waals surface area contributed by atoms with Crippen LogP contribution in [0.25, 0.3) is 0 Å². The lowest BCUT2D eigenvalue weighted by Gasteiger charge is -2.21. The maximum Gasteiger partial charge on any atom is 0.0837 e. The minimum atomic E-state index is 0.0375. The molecule has 1 heterocycles. The van der Waals surface area contributed by atoms with Crippen LogP contribution in [-0.4, -0.2) is 16.3 Å². The lowest BCUT2D eigenvalue weighted by molar-refractivity contribution is 0.552. The topological polar surface area (TPSA) is 29.9 Å². The molecule has 1 aromatic heterocycles. The zero-order valence-electron chi connectivity index (χ0n) is 11.0. The number of aryl methyl sites for hydroxylation is 1. The average molecular weight is 343 g/mol. The van der Waals surface area contributed by atoms with Gasteiger partial charge in [0.15, 0.2) is 0 Å². The molecule has 0 aliphatic heterocycles. The molecular formula is C14H17BrClN3. The number of benzene rings is 1. The Labute approximate surface area is 127 Å². The third-order valence-electron chi connectivity index (χ3n) is 3.03. The second-order valence-corrected chi connectivity index (χ2v) is 5.67. The van der Waals surface area contributed by atoms with Crippen molar-refractivity contribution in [1.29, 1.82) is 0 Å². The van der Waals surface area contributed by atoms with E-state index in [4.69, 9.17) is 11.6 Å². The third-order valence-corrected chi connectivity index (χ3v) is 4.04. The van der Waals surface area contributed by atoms with Gasteiger partial charge in [-0.2, -0.15) is 5.10 Å². The van der Waals surface area contributed by atoms with Crippen LogP contribution in [0.4, 0.5) is 0 Å². The van der Waals surface area contributed by atoms with Crippen LogP contribution < -0.4 is 5.32 Å². The summed E-state index contributed by atoms with van der Waals surface area (Å²) in [6.07, 6.45) is 2.75. The highest BCUT2D eigenvalue weighted by molar-refractivity contribution is 9.10. The van der Waals surface area contributed by atoms with E-state index < -0.39 is 0 Å². The number of aromatic nitrogens is 2. The number of hydrogen-bond acceptors (Lipinski definition) is 2. The van der Waals surface area contributed by atoms with Gasteiger partial charge >= 0.3 is 0 Å². The van der Waals surface area contributed by atoms with Gasteiger partial charge in [-0.05, 0) is 24.6 Å². The standard InChI is InChI=1S/C14H17BrClN3/c1-3-8-17-13(10-6-4-5-7-11(10)15)14-12(16)9-18-19(14)2/h4-7,9,13,17H,3,8H2,1-2H3. The van der Waals surface area contributed by atoms with Crippen LogP contribution >= 0.6 is 27.5 Å². The Morgan fingerprint density at radius 3 is 2.74 bits per heavy atom. The summed E-state index contributed by atoms with van der Waals surface area (Å²) < 4.78 is 2.90. The molecule has 102 valence electrons. The van der Waals surface area contributed by atoms with Crippen molar-refractivity contribution in [2.24, 2.45) is 7.05 Å². The molecule has 0 saturated heterocycles. The van der Waals surface area contributed by atoms with E-state index in [0.29, 0.717) is 5.02 Å². The molecule has 0 fully saturated rings. The summed E-state index contributed by atoms with van der Waals surface area (Å²) in [7, 11) is 1.92. The molecule has 0 bridgehead atoms. The largest absolute Gasteiger partial charge is 0.305 e. The summed E-state index contributed by atoms with van der Waals surface area (Å²) in [6, 6.07) is 8.22. The van der Waals surface area contributed by atoms with Crippen LogP contribution in [0.5, 0.6) is 0 Å². The Morgan fingerprint density at radius 2 is 2.16 bits per heavy atom. The second-order valence-electron chi connectivity index (χ2n) is 4.41. The van der Waals surface area contributed by atoms with Gasteiger partial charge in [-0.15, -0.1) is 0 Å². The maximum atomic E-state index is 6.28. The molecule has 0 spiro atoms. The van der Waals surface area contributed by atoms with Crippen molar-refractivity contribution in [1.82, 2.24) is 15.1 Å². The molecule has 0 aliphatic rings. The molecule has 2 aromatic rings. The second kappa shape index (κ2) is 6.55. The highest BCUT2D eigenvalue weighted by Crippen LogP contribution is 2.31. The number of nitrogens with zero attached hydrogens (tertiary/aromatic N) is 2. The predicted molar refractivity (Wildman–Crippen MR) is 82.5 cm³/mol. The molecule has 1 unspecified atom stereocenters. The maximum absolute atomic E-state index is 6.28. The molecule has 1 N–H and O–H groups in total. The Morgan fingerprint density at radius 1 is 1.42 bits per heavy atom. The first-order valence-corrected chi connectivity index (χ1v) is 7.47. The monoisotopic (exact) mass is 341 g/mol. The number of halogens is 2. The lowest BCUT2D eigenvalue weighted by Crippen LogP contribution is -2.25. The molecule has 5 heteroatoms. The summed E-state index contributed by atoms with van der Waals surface area (Å²) in [5.74, 6) is 0. The van der Waals surface area contributed by atoms with Crippen LogP contribution in [0, 0.1) is 0 Å². The molecule has 19 heavy (non-hydrogen) atoms. The fraction of sp³-hybridized carbons (Fsp3) is 0.357. The van der Waals surface area contributed by atoms with E-state index in [1.165, 1.54) is 5.56 Å². The predicted octanol–water partition coefficient (Wildman–Crippen LogP) is 3.93. The summed E-state index contributed by atoms with van der Waals surface area (Å²) in [5, 5.41) is 8.45. The number of rotatable bonds is 5. The minimum absolute atomic E-state index is 0.0375. The molecule has 1 atom stereocenters. The van der Waals surface area contributed by atoms with Gasteiger partial charge in [-0.3, -0.25) is 4.68 Å². The van der Waals surface area contributed by atoms with Crippen molar-refractivity contribution < 1.29 is 0 Å². The van der Waals surface area contributed by atoms with Crippen LogP contribution in [-0.2, 0) is 7.05 Å². The molecule has 1 aromatic carbocycles. The molecule has 2 rings (SSSR count). The van der Waals surface area contributed by atoms with Crippen molar-refractivity contribution in [3.63, 3.8) is 0 Å². The van der Waals surface area contributed by atoms with Gasteiger partial charge in [-0.1, -0.05) is 52.7 Å². The average Bonchev–Trinajstić information content (AvgIpc) is 2.73. The summed E-state index contributed by atoms with van der Waals surface area (Å²) in [6.45, 7) is 3.07. The number of nitrogens with one attached hydrogen (secondary N) is 1. The van der Waals surface area contributed by atoms with Crippen LogP contribution in [0.15, 0.2) is 34.9 Å². The van der Waals surface area contributed by atoms with E-state index >= 15 is 0 Å². The van der Waals surface area contributed by atoms with Crippen LogP contribution in [0.1, 0.15) is 30.6 Å². The highest BCUT2D eigenvalue weighted by Gasteiger charge is 2.22. The van der Waals surface area contributed by atoms with Crippen molar-refractivity contribution in [3.05, 3.63) is 51.2 Å². The highest BCUT2D eigenvalue weighted by atomic mass is 79.9. The molecule has 3 nitrogen and oxygen atoms in total. The fourth-order valence-corrected chi connectivity index (χ4v) is 2.89. The van der Waals surface area contributed by atoms with E-state index in [9.17, 15) is 0 Å². The SMILES string of the molecule is CCCNC(c1ccccc1Br)c1c(Cl)cnn1C. The lowest BCUT2D eigenvalue weighted by atomic mass is 10.0. The van der Waals surface area contributed by atoms with E-state index in [2.05, 4.69) is 39.3 Å². The van der Waals surface area contributed by atoms with Gasteiger partial charge in [-0.25, -0.2) is 0 Å². The van der Waals surface area contributed by atoms with Crippen LogP contribution in [0.3, 0.4) is 0 Å². The molecule has 0 radical (unpaired) electrons. The minimum Gasteiger partial charge on any atom is -0.305 e. The Hall–Kier alpha value is -0.840. The molecular weight excluding hydrogens is 326 g/mol. The van der Waals surface area contributed by atoms with Crippen molar-refractivity contribution in [2.45, 2.75) is 19.4 Å². The first-order valence-electron chi connectivity index (χ1n) is 6.30.